The van der Waals surface area contributed by atoms with Crippen molar-refractivity contribution in [1.82, 2.24) is 0 Å². The molecule has 0 amide bonds. The summed E-state index contributed by atoms with van der Waals surface area (Å²) in [5.41, 5.74) is 6.90. The Labute approximate surface area is 50.3 Å². The van der Waals surface area contributed by atoms with Crippen LogP contribution in [0.3, 0.4) is 0 Å². The number of nitrogens with two attached hydrogens (primary N) is 1. The Kier molecular flexibility index (Phi) is 0.583. The third-order valence-corrected chi connectivity index (χ3v) is 2.78. The van der Waals surface area contributed by atoms with E-state index in [2.05, 4.69) is 6.92 Å². The topological polar surface area (TPSA) is 26.0 Å². The summed E-state index contributed by atoms with van der Waals surface area (Å²) in [6.07, 6.45) is 5.24. The van der Waals surface area contributed by atoms with E-state index in [0.717, 1.165) is 0 Å². The van der Waals surface area contributed by atoms with Crippen molar-refractivity contribution in [2.75, 3.05) is 0 Å². The van der Waals surface area contributed by atoms with E-state index >= 15 is 0 Å². The van der Waals surface area contributed by atoms with Gasteiger partial charge in [-0.05, 0) is 31.1 Å². The molecule has 2 N–H and O–H groups in total. The summed E-state index contributed by atoms with van der Waals surface area (Å²) in [5, 5.41) is 0. The van der Waals surface area contributed by atoms with Gasteiger partial charge in [0, 0.05) is 5.54 Å². The average molecular weight is 111 g/mol. The van der Waals surface area contributed by atoms with E-state index in [9.17, 15) is 0 Å². The Balaban J connectivity index is 2.22. The predicted molar refractivity (Wildman–Crippen MR) is 33.5 cm³/mol. The summed E-state index contributed by atoms with van der Waals surface area (Å²) >= 11 is 0. The molecular formula is C7H13N. The molecule has 0 unspecified atom stereocenters. The van der Waals surface area contributed by atoms with Crippen LogP contribution in [-0.2, 0) is 0 Å². The number of rotatable bonds is 0. The molecule has 3 aliphatic rings. The van der Waals surface area contributed by atoms with Crippen LogP contribution in [0.15, 0.2) is 0 Å². The van der Waals surface area contributed by atoms with Crippen LogP contribution in [0, 0.1) is 5.41 Å². The van der Waals surface area contributed by atoms with Crippen LogP contribution in [0.1, 0.15) is 32.6 Å². The summed E-state index contributed by atoms with van der Waals surface area (Å²) in [7, 11) is 0. The molecule has 1 heteroatoms. The summed E-state index contributed by atoms with van der Waals surface area (Å²) < 4.78 is 0. The highest BCUT2D eigenvalue weighted by atomic mass is 14.8. The first-order chi connectivity index (χ1) is 3.62. The summed E-state index contributed by atoms with van der Waals surface area (Å²) in [6.45, 7) is 2.35. The van der Waals surface area contributed by atoms with Crippen molar-refractivity contribution in [2.24, 2.45) is 11.1 Å². The van der Waals surface area contributed by atoms with E-state index in [1.165, 1.54) is 25.7 Å². The monoisotopic (exact) mass is 111 g/mol. The third-order valence-electron chi connectivity index (χ3n) is 2.78. The van der Waals surface area contributed by atoms with Crippen LogP contribution in [-0.4, -0.2) is 5.54 Å². The van der Waals surface area contributed by atoms with Crippen LogP contribution in [0.4, 0.5) is 0 Å². The first kappa shape index (κ1) is 4.80. The van der Waals surface area contributed by atoms with E-state index in [1.54, 1.807) is 0 Å². The van der Waals surface area contributed by atoms with Crippen molar-refractivity contribution in [3.05, 3.63) is 0 Å². The van der Waals surface area contributed by atoms with E-state index in [1.807, 2.05) is 0 Å². The van der Waals surface area contributed by atoms with Crippen molar-refractivity contribution in [3.8, 4) is 0 Å². The molecule has 0 aromatic heterocycles. The Morgan fingerprint density at radius 2 is 1.88 bits per heavy atom. The molecule has 0 aliphatic heterocycles. The van der Waals surface area contributed by atoms with E-state index in [4.69, 9.17) is 5.73 Å². The Morgan fingerprint density at radius 3 is 2.00 bits per heavy atom. The molecule has 2 bridgehead atoms. The highest BCUT2D eigenvalue weighted by Gasteiger charge is 2.55. The molecule has 0 aromatic carbocycles. The van der Waals surface area contributed by atoms with Crippen molar-refractivity contribution in [1.29, 1.82) is 0 Å². The van der Waals surface area contributed by atoms with E-state index in [0.29, 0.717) is 11.0 Å². The molecule has 0 radical (unpaired) electrons. The lowest BCUT2D eigenvalue weighted by atomic mass is 9.67. The van der Waals surface area contributed by atoms with Gasteiger partial charge in [0.25, 0.3) is 0 Å². The van der Waals surface area contributed by atoms with Crippen LogP contribution in [0.25, 0.3) is 0 Å². The second-order valence-electron chi connectivity index (χ2n) is 4.03. The summed E-state index contributed by atoms with van der Waals surface area (Å²) in [5.74, 6) is 0. The fourth-order valence-electron chi connectivity index (χ4n) is 2.55. The van der Waals surface area contributed by atoms with Crippen molar-refractivity contribution in [2.45, 2.75) is 38.1 Å². The van der Waals surface area contributed by atoms with Gasteiger partial charge in [0.05, 0.1) is 0 Å². The summed E-state index contributed by atoms with van der Waals surface area (Å²) in [6, 6.07) is 0. The van der Waals surface area contributed by atoms with E-state index < -0.39 is 0 Å². The summed E-state index contributed by atoms with van der Waals surface area (Å²) in [4.78, 5) is 0. The lowest BCUT2D eigenvalue weighted by Crippen LogP contribution is -2.48. The zero-order valence-corrected chi connectivity index (χ0v) is 5.41. The second kappa shape index (κ2) is 0.971. The maximum absolute atomic E-state index is 5.93. The molecule has 3 rings (SSSR count). The standard InChI is InChI=1S/C7H13N/c1-6-2-3-7(8,4-6)5-6/h2-5,8H2,1H3. The van der Waals surface area contributed by atoms with Gasteiger partial charge >= 0.3 is 0 Å². The average Bonchev–Trinajstić information content (AvgIpc) is 1.88. The molecule has 3 aliphatic carbocycles. The zero-order valence-electron chi connectivity index (χ0n) is 5.41. The minimum atomic E-state index is 0.300. The fourth-order valence-corrected chi connectivity index (χ4v) is 2.55. The van der Waals surface area contributed by atoms with Crippen LogP contribution in [0.2, 0.25) is 0 Å². The minimum absolute atomic E-state index is 0.300. The van der Waals surface area contributed by atoms with Crippen LogP contribution in [0.5, 0.6) is 0 Å². The van der Waals surface area contributed by atoms with Crippen molar-refractivity contribution >= 4 is 0 Å². The molecule has 0 saturated heterocycles. The predicted octanol–water partition coefficient (Wildman–Crippen LogP) is 1.28. The smallest absolute Gasteiger partial charge is 0.0165 e. The maximum Gasteiger partial charge on any atom is 0.0165 e. The first-order valence-electron chi connectivity index (χ1n) is 3.41. The molecule has 1 nitrogen and oxygen atoms in total. The van der Waals surface area contributed by atoms with E-state index in [-0.39, 0.29) is 0 Å². The third kappa shape index (κ3) is 0.408. The quantitative estimate of drug-likeness (QED) is 0.500. The Bertz CT molecular complexity index is 108. The Morgan fingerprint density at radius 1 is 1.25 bits per heavy atom. The van der Waals surface area contributed by atoms with Gasteiger partial charge in [-0.3, -0.25) is 0 Å². The van der Waals surface area contributed by atoms with Gasteiger partial charge in [-0.2, -0.15) is 0 Å². The van der Waals surface area contributed by atoms with Crippen molar-refractivity contribution in [3.63, 3.8) is 0 Å². The molecule has 0 atom stereocenters. The Hall–Kier alpha value is -0.0400. The molecular weight excluding hydrogens is 98.1 g/mol. The minimum Gasteiger partial charge on any atom is -0.325 e. The lowest BCUT2D eigenvalue weighted by Gasteiger charge is -2.42. The number of hydrogen-bond acceptors (Lipinski definition) is 1. The number of hydrogen-bond donors (Lipinski definition) is 1. The van der Waals surface area contributed by atoms with Crippen LogP contribution >= 0.6 is 0 Å². The van der Waals surface area contributed by atoms with Crippen LogP contribution < -0.4 is 5.73 Å². The van der Waals surface area contributed by atoms with Gasteiger partial charge < -0.3 is 5.73 Å². The van der Waals surface area contributed by atoms with Crippen molar-refractivity contribution < 1.29 is 0 Å². The zero-order chi connectivity index (χ0) is 5.83. The fraction of sp³-hybridized carbons (Fsp3) is 1.00. The largest absolute Gasteiger partial charge is 0.325 e. The van der Waals surface area contributed by atoms with Gasteiger partial charge in [-0.1, -0.05) is 6.92 Å². The van der Waals surface area contributed by atoms with Gasteiger partial charge in [-0.15, -0.1) is 0 Å². The maximum atomic E-state index is 5.93. The number of fused-ring (bicyclic) bond motifs is 1. The molecule has 3 fully saturated rings. The molecule has 0 aromatic rings. The normalized spacial score (nSPS) is 60.8. The lowest BCUT2D eigenvalue weighted by molar-refractivity contribution is 0.138. The van der Waals surface area contributed by atoms with Gasteiger partial charge in [-0.25, -0.2) is 0 Å². The second-order valence-corrected chi connectivity index (χ2v) is 4.03. The van der Waals surface area contributed by atoms with Gasteiger partial charge in [0.1, 0.15) is 0 Å². The molecule has 3 saturated carbocycles. The first-order valence-corrected chi connectivity index (χ1v) is 3.41. The molecule has 0 spiro atoms. The van der Waals surface area contributed by atoms with Gasteiger partial charge in [0.2, 0.25) is 0 Å². The highest BCUT2D eigenvalue weighted by Crippen LogP contribution is 2.59. The molecule has 46 valence electrons. The molecule has 8 heavy (non-hydrogen) atoms. The SMILES string of the molecule is CC12CCC(N)(C1)C2. The highest BCUT2D eigenvalue weighted by molar-refractivity contribution is 5.12. The molecule has 0 heterocycles. The van der Waals surface area contributed by atoms with Gasteiger partial charge in [0.15, 0.2) is 0 Å².